The fourth-order valence-corrected chi connectivity index (χ4v) is 3.00. The van der Waals surface area contributed by atoms with Gasteiger partial charge in [0, 0.05) is 28.1 Å². The van der Waals surface area contributed by atoms with Gasteiger partial charge in [0.25, 0.3) is 11.6 Å². The molecule has 2 rings (SSSR count). The number of hydrogen-bond donors (Lipinski definition) is 1. The maximum absolute atomic E-state index is 12.1. The Morgan fingerprint density at radius 3 is 2.79 bits per heavy atom. The zero-order valence-electron chi connectivity index (χ0n) is 10.6. The van der Waals surface area contributed by atoms with E-state index in [9.17, 15) is 14.9 Å². The Morgan fingerprint density at radius 2 is 2.21 bits per heavy atom. The molecule has 1 saturated carbocycles. The van der Waals surface area contributed by atoms with Gasteiger partial charge in [-0.05, 0) is 25.8 Å². The molecule has 0 bridgehead atoms. The van der Waals surface area contributed by atoms with E-state index in [2.05, 4.69) is 21.2 Å². The zero-order valence-corrected chi connectivity index (χ0v) is 12.1. The lowest BCUT2D eigenvalue weighted by molar-refractivity contribution is -0.385. The van der Waals surface area contributed by atoms with Gasteiger partial charge >= 0.3 is 0 Å². The first-order valence-electron chi connectivity index (χ1n) is 6.19. The van der Waals surface area contributed by atoms with E-state index >= 15 is 0 Å². The first-order chi connectivity index (χ1) is 8.99. The second kappa shape index (κ2) is 5.69. The highest BCUT2D eigenvalue weighted by Crippen LogP contribution is 2.26. The minimum Gasteiger partial charge on any atom is -0.348 e. The third-order valence-corrected chi connectivity index (χ3v) is 4.51. The van der Waals surface area contributed by atoms with Gasteiger partial charge < -0.3 is 5.32 Å². The zero-order chi connectivity index (χ0) is 14.0. The van der Waals surface area contributed by atoms with E-state index in [4.69, 9.17) is 0 Å². The summed E-state index contributed by atoms with van der Waals surface area (Å²) in [5.41, 5.74) is 0.874. The summed E-state index contributed by atoms with van der Waals surface area (Å²) in [5, 5.41) is 13.8. The number of hydrogen-bond acceptors (Lipinski definition) is 3. The van der Waals surface area contributed by atoms with Crippen molar-refractivity contribution in [3.8, 4) is 0 Å². The topological polar surface area (TPSA) is 72.2 Å². The summed E-state index contributed by atoms with van der Waals surface area (Å²) in [5.74, 6) is -0.251. The number of nitrogens with zero attached hydrogens (tertiary/aromatic N) is 1. The SMILES string of the molecule is Cc1ccc(C(=O)NC2CCCC2Br)cc1[N+](=O)[O-]. The Morgan fingerprint density at radius 1 is 1.47 bits per heavy atom. The Hall–Kier alpha value is -1.43. The Kier molecular flexibility index (Phi) is 4.19. The number of nitro benzene ring substituents is 1. The number of carbonyl (C=O) groups is 1. The molecule has 1 aromatic rings. The first kappa shape index (κ1) is 14.0. The number of rotatable bonds is 3. The summed E-state index contributed by atoms with van der Waals surface area (Å²) in [6, 6.07) is 4.67. The van der Waals surface area contributed by atoms with Crippen molar-refractivity contribution in [2.75, 3.05) is 0 Å². The predicted octanol–water partition coefficient (Wildman–Crippen LogP) is 2.95. The van der Waals surface area contributed by atoms with Crippen LogP contribution in [0.5, 0.6) is 0 Å². The van der Waals surface area contributed by atoms with Crippen molar-refractivity contribution in [2.45, 2.75) is 37.1 Å². The molecule has 1 aliphatic carbocycles. The van der Waals surface area contributed by atoms with Gasteiger partial charge in [-0.25, -0.2) is 0 Å². The molecule has 0 aromatic heterocycles. The van der Waals surface area contributed by atoms with Crippen LogP contribution >= 0.6 is 15.9 Å². The van der Waals surface area contributed by atoms with E-state index in [1.54, 1.807) is 19.1 Å². The average molecular weight is 327 g/mol. The number of carbonyl (C=O) groups excluding carboxylic acids is 1. The van der Waals surface area contributed by atoms with Crippen LogP contribution in [0.15, 0.2) is 18.2 Å². The van der Waals surface area contributed by atoms with E-state index in [0.29, 0.717) is 11.1 Å². The van der Waals surface area contributed by atoms with Crippen LogP contribution in [0, 0.1) is 17.0 Å². The van der Waals surface area contributed by atoms with Gasteiger partial charge in [0.2, 0.25) is 0 Å². The summed E-state index contributed by atoms with van der Waals surface area (Å²) in [6.45, 7) is 1.66. The second-order valence-electron chi connectivity index (χ2n) is 4.79. The number of nitrogens with one attached hydrogen (secondary N) is 1. The number of aryl methyl sites for hydroxylation is 1. The maximum Gasteiger partial charge on any atom is 0.273 e. The van der Waals surface area contributed by atoms with Crippen LogP contribution in [0.3, 0.4) is 0 Å². The van der Waals surface area contributed by atoms with E-state index in [1.807, 2.05) is 0 Å². The molecule has 0 spiro atoms. The lowest BCUT2D eigenvalue weighted by Crippen LogP contribution is -2.37. The van der Waals surface area contributed by atoms with Crippen molar-refractivity contribution >= 4 is 27.5 Å². The standard InChI is InChI=1S/C13H15BrN2O3/c1-8-5-6-9(7-12(8)16(18)19)13(17)15-11-4-2-3-10(11)14/h5-7,10-11H,2-4H2,1H3,(H,15,17). The molecule has 0 radical (unpaired) electrons. The lowest BCUT2D eigenvalue weighted by atomic mass is 10.1. The summed E-state index contributed by atoms with van der Waals surface area (Å²) in [4.78, 5) is 22.8. The minimum absolute atomic E-state index is 0.0190. The van der Waals surface area contributed by atoms with Crippen molar-refractivity contribution in [3.05, 3.63) is 39.4 Å². The summed E-state index contributed by atoms with van der Waals surface area (Å²) in [6.07, 6.45) is 3.06. The fraction of sp³-hybridized carbons (Fsp3) is 0.462. The minimum atomic E-state index is -0.463. The van der Waals surface area contributed by atoms with E-state index in [0.717, 1.165) is 19.3 Å². The maximum atomic E-state index is 12.1. The second-order valence-corrected chi connectivity index (χ2v) is 5.96. The van der Waals surface area contributed by atoms with Crippen LogP contribution in [0.1, 0.15) is 35.2 Å². The smallest absolute Gasteiger partial charge is 0.273 e. The van der Waals surface area contributed by atoms with E-state index in [-0.39, 0.29) is 22.5 Å². The Bertz CT molecular complexity index is 519. The molecule has 0 saturated heterocycles. The molecular formula is C13H15BrN2O3. The third-order valence-electron chi connectivity index (χ3n) is 3.42. The van der Waals surface area contributed by atoms with Crippen molar-refractivity contribution in [2.24, 2.45) is 0 Å². The average Bonchev–Trinajstić information content (AvgIpc) is 2.75. The van der Waals surface area contributed by atoms with Crippen LogP contribution in [-0.2, 0) is 0 Å². The number of benzene rings is 1. The fourth-order valence-electron chi connectivity index (χ4n) is 2.28. The first-order valence-corrected chi connectivity index (χ1v) is 7.10. The summed E-state index contributed by atoms with van der Waals surface area (Å²) >= 11 is 3.53. The largest absolute Gasteiger partial charge is 0.348 e. The van der Waals surface area contributed by atoms with Gasteiger partial charge in [0.15, 0.2) is 0 Å². The van der Waals surface area contributed by atoms with Gasteiger partial charge in [-0.3, -0.25) is 14.9 Å². The van der Waals surface area contributed by atoms with Crippen LogP contribution < -0.4 is 5.32 Å². The van der Waals surface area contributed by atoms with E-state index < -0.39 is 4.92 Å². The van der Waals surface area contributed by atoms with Crippen LogP contribution in [0.25, 0.3) is 0 Å². The molecular weight excluding hydrogens is 312 g/mol. The highest BCUT2D eigenvalue weighted by molar-refractivity contribution is 9.09. The van der Waals surface area contributed by atoms with Crippen molar-refractivity contribution < 1.29 is 9.72 Å². The summed E-state index contributed by atoms with van der Waals surface area (Å²) < 4.78 is 0. The van der Waals surface area contributed by atoms with Gasteiger partial charge in [0.05, 0.1) is 4.92 Å². The summed E-state index contributed by atoms with van der Waals surface area (Å²) in [7, 11) is 0. The molecule has 102 valence electrons. The molecule has 0 aliphatic heterocycles. The van der Waals surface area contributed by atoms with Crippen LogP contribution in [-0.4, -0.2) is 21.7 Å². The molecule has 1 amide bonds. The van der Waals surface area contributed by atoms with Gasteiger partial charge in [0.1, 0.15) is 0 Å². The molecule has 2 atom stereocenters. The molecule has 6 heteroatoms. The number of alkyl halides is 1. The molecule has 1 N–H and O–H groups in total. The predicted molar refractivity (Wildman–Crippen MR) is 75.7 cm³/mol. The highest BCUT2D eigenvalue weighted by atomic mass is 79.9. The van der Waals surface area contributed by atoms with Crippen LogP contribution in [0.2, 0.25) is 0 Å². The highest BCUT2D eigenvalue weighted by Gasteiger charge is 2.27. The van der Waals surface area contributed by atoms with Crippen LogP contribution in [0.4, 0.5) is 5.69 Å². The van der Waals surface area contributed by atoms with Crippen molar-refractivity contribution in [1.82, 2.24) is 5.32 Å². The molecule has 1 aromatic carbocycles. The molecule has 1 aliphatic rings. The van der Waals surface area contributed by atoms with Gasteiger partial charge in [-0.15, -0.1) is 0 Å². The van der Waals surface area contributed by atoms with Gasteiger partial charge in [-0.2, -0.15) is 0 Å². The normalized spacial score (nSPS) is 22.2. The molecule has 1 fully saturated rings. The molecule has 2 unspecified atom stereocenters. The lowest BCUT2D eigenvalue weighted by Gasteiger charge is -2.16. The molecule has 0 heterocycles. The van der Waals surface area contributed by atoms with Gasteiger partial charge in [-0.1, -0.05) is 28.4 Å². The van der Waals surface area contributed by atoms with Crippen molar-refractivity contribution in [3.63, 3.8) is 0 Å². The van der Waals surface area contributed by atoms with E-state index in [1.165, 1.54) is 6.07 Å². The quantitative estimate of drug-likeness (QED) is 0.527. The monoisotopic (exact) mass is 326 g/mol. The number of halogens is 1. The third kappa shape index (κ3) is 3.12. The molecule has 5 nitrogen and oxygen atoms in total. The molecule has 19 heavy (non-hydrogen) atoms. The Balaban J connectivity index is 2.15. The number of amides is 1. The Labute approximate surface area is 119 Å². The van der Waals surface area contributed by atoms with Crippen molar-refractivity contribution in [1.29, 1.82) is 0 Å². The number of nitro groups is 1.